The number of thiophene rings is 4. The highest BCUT2D eigenvalue weighted by molar-refractivity contribution is 7.34. The molecule has 4 aliphatic rings. The second kappa shape index (κ2) is 35.5. The molecule has 8 aromatic carbocycles. The number of rotatable bonds is 34. The average molecular weight is 1600 g/mol. The lowest BCUT2D eigenvalue weighted by atomic mass is 9.67. The summed E-state index contributed by atoms with van der Waals surface area (Å²) in [4.78, 5) is 44.3. The number of carbonyl (C=O) groups excluding carboxylic acids is 2. The molecule has 0 fully saturated rings. The van der Waals surface area contributed by atoms with Crippen LogP contribution in [0.5, 0.6) is 0 Å². The molecule has 0 aliphatic heterocycles. The Morgan fingerprint density at radius 1 is 0.379 bits per heavy atom. The highest BCUT2D eigenvalue weighted by Crippen LogP contribution is 2.70. The van der Waals surface area contributed by atoms with Crippen molar-refractivity contribution in [1.82, 2.24) is 0 Å². The fraction of sp³-hybridized carbons (Fsp3) is 0.294. The maximum atomic E-state index is 15.4. The zero-order valence-electron chi connectivity index (χ0n) is 66.3. The van der Waals surface area contributed by atoms with E-state index >= 15 is 9.59 Å². The SMILES string of the molecule is [C-]#[N+]/C(C#N)=C1\C(=C\c2cc3c(s2)-c2sc4c5c(sc4c2C3(c2ccc(COCCCCCC)cc2)c2ccc(COCCCCCC)cc2)-c2sc(/C=C3\C(=O)c4cc6ccccc6cc4\C3=C(\C#N)[N+]#[C-])cc2C5(c2ccc(COCCCCCC)cc2)c2ccc(COCCCCCC)cc2)C(=O)c2cc3ccccc3cc21. The summed E-state index contributed by atoms with van der Waals surface area (Å²) in [7, 11) is 0. The van der Waals surface area contributed by atoms with Crippen molar-refractivity contribution < 1.29 is 28.5 Å². The van der Waals surface area contributed by atoms with Crippen LogP contribution < -0.4 is 0 Å². The minimum Gasteiger partial charge on any atom is -0.377 e. The predicted octanol–water partition coefficient (Wildman–Crippen LogP) is 27.4. The van der Waals surface area contributed by atoms with E-state index < -0.39 is 10.8 Å². The van der Waals surface area contributed by atoms with Gasteiger partial charge in [0.2, 0.25) is 0 Å². The van der Waals surface area contributed by atoms with Crippen molar-refractivity contribution in [2.75, 3.05) is 26.4 Å². The molecule has 0 bridgehead atoms. The van der Waals surface area contributed by atoms with Gasteiger partial charge in [-0.25, -0.2) is 20.2 Å². The van der Waals surface area contributed by atoms with Crippen molar-refractivity contribution in [1.29, 1.82) is 10.5 Å². The average Bonchev–Trinajstić information content (AvgIpc) is 1.48. The number of allylic oxidation sites excluding steroid dienone is 6. The zero-order valence-corrected chi connectivity index (χ0v) is 69.6. The Morgan fingerprint density at radius 3 is 0.948 bits per heavy atom. The maximum absolute atomic E-state index is 15.4. The van der Waals surface area contributed by atoms with E-state index in [1.165, 1.54) is 36.8 Å². The van der Waals surface area contributed by atoms with Gasteiger partial charge in [0.15, 0.2) is 11.6 Å². The van der Waals surface area contributed by atoms with Crippen molar-refractivity contribution >= 4 is 111 Å². The number of unbranched alkanes of at least 4 members (excludes halogenated alkanes) is 12. The summed E-state index contributed by atoms with van der Waals surface area (Å²) in [5, 5.41) is 25.2. The number of hydrogen-bond acceptors (Lipinski definition) is 12. The number of ether oxygens (including phenoxy) is 4. The lowest BCUT2D eigenvalue weighted by Crippen LogP contribution is -2.29. The van der Waals surface area contributed by atoms with Crippen molar-refractivity contribution in [2.45, 2.75) is 168 Å². The van der Waals surface area contributed by atoms with Gasteiger partial charge in [-0.2, -0.15) is 0 Å². The van der Waals surface area contributed by atoms with Gasteiger partial charge in [-0.1, -0.05) is 250 Å². The fourth-order valence-electron chi connectivity index (χ4n) is 17.7. The molecule has 0 atom stereocenters. The van der Waals surface area contributed by atoms with E-state index in [0.29, 0.717) is 97.4 Å². The number of nitriles is 2. The Balaban J connectivity index is 0.948. The summed E-state index contributed by atoms with van der Waals surface area (Å²) in [5.41, 5.74) is 14.2. The monoisotopic (exact) mass is 1600 g/mol. The molecule has 0 unspecified atom stereocenters. The first-order valence-corrected chi connectivity index (χ1v) is 44.5. The van der Waals surface area contributed by atoms with E-state index in [-0.39, 0.29) is 23.0 Å². The van der Waals surface area contributed by atoms with Gasteiger partial charge >= 0.3 is 0 Å². The largest absolute Gasteiger partial charge is 0.377 e. The van der Waals surface area contributed by atoms with Crippen LogP contribution in [0.1, 0.15) is 239 Å². The third kappa shape index (κ3) is 14.7. The molecule has 0 spiro atoms. The van der Waals surface area contributed by atoms with Gasteiger partial charge in [-0.05, 0) is 163 Å². The maximum Gasteiger partial charge on any atom is 0.270 e. The van der Waals surface area contributed by atoms with Crippen LogP contribution in [-0.2, 0) is 56.2 Å². The van der Waals surface area contributed by atoms with E-state index in [9.17, 15) is 10.5 Å². The first kappa shape index (κ1) is 79.3. The van der Waals surface area contributed by atoms with Gasteiger partial charge in [0, 0.05) is 80.7 Å². The number of Topliss-reactive ketones (excluding diaryl/α,β-unsaturated/α-hetero) is 2. The smallest absolute Gasteiger partial charge is 0.270 e. The lowest BCUT2D eigenvalue weighted by molar-refractivity contribution is 0.103. The van der Waals surface area contributed by atoms with E-state index in [0.717, 1.165) is 193 Å². The van der Waals surface area contributed by atoms with Gasteiger partial charge in [-0.15, -0.1) is 45.3 Å². The molecular formula is C102H92N4O6S4. The molecule has 10 nitrogen and oxygen atoms in total. The minimum absolute atomic E-state index is 0.134. The fourth-order valence-corrected chi connectivity index (χ4v) is 23.4. The van der Waals surface area contributed by atoms with Crippen LogP contribution in [0.25, 0.3) is 83.4 Å². The van der Waals surface area contributed by atoms with E-state index in [4.69, 9.17) is 32.1 Å². The van der Waals surface area contributed by atoms with Crippen LogP contribution >= 0.6 is 45.3 Å². The topological polar surface area (TPSA) is 127 Å². The van der Waals surface area contributed by atoms with E-state index in [1.807, 2.05) is 108 Å². The molecule has 12 aromatic rings. The normalized spacial score (nSPS) is 15.6. The first-order valence-electron chi connectivity index (χ1n) is 41.2. The Labute approximate surface area is 697 Å². The number of fused-ring (bicyclic) bond motifs is 13. The van der Waals surface area contributed by atoms with Crippen LogP contribution in [0.2, 0.25) is 0 Å². The van der Waals surface area contributed by atoms with Crippen molar-refractivity contribution in [3.05, 3.63) is 326 Å². The number of benzene rings is 8. The summed E-state index contributed by atoms with van der Waals surface area (Å²) in [6.07, 6.45) is 21.7. The second-order valence-electron chi connectivity index (χ2n) is 31.0. The Kier molecular flexibility index (Phi) is 24.3. The quantitative estimate of drug-likeness (QED) is 0.0169. The van der Waals surface area contributed by atoms with Gasteiger partial charge in [-0.3, -0.25) is 9.59 Å². The molecule has 0 amide bonds. The molecule has 0 radical (unpaired) electrons. The number of nitrogens with zero attached hydrogens (tertiary/aromatic N) is 4. The highest BCUT2D eigenvalue weighted by Gasteiger charge is 2.55. The number of ketones is 2. The van der Waals surface area contributed by atoms with Crippen molar-refractivity contribution in [2.24, 2.45) is 0 Å². The minimum atomic E-state index is -0.985. The molecule has 580 valence electrons. The van der Waals surface area contributed by atoms with Gasteiger partial charge in [0.1, 0.15) is 0 Å². The van der Waals surface area contributed by atoms with Crippen LogP contribution in [0, 0.1) is 35.8 Å². The summed E-state index contributed by atoms with van der Waals surface area (Å²) in [6, 6.07) is 68.7. The molecule has 0 saturated carbocycles. The Hall–Kier alpha value is -10.6. The molecule has 4 aliphatic carbocycles. The summed E-state index contributed by atoms with van der Waals surface area (Å²) in [6.45, 7) is 30.3. The molecule has 16 rings (SSSR count). The van der Waals surface area contributed by atoms with Crippen LogP contribution in [0.3, 0.4) is 0 Å². The Morgan fingerprint density at radius 2 is 0.672 bits per heavy atom. The molecule has 4 aromatic heterocycles. The Bertz CT molecular complexity index is 5550. The lowest BCUT2D eigenvalue weighted by Gasteiger charge is -2.34. The standard InChI is InChI=1S/C102H92N4O6S4/c1-7-11-15-23-47-109-61-65-31-39-73(40-32-65)101(74-41-33-66(34-42-74)62-110-48-24-16-12-8-2)85-57-77(55-83-89(87(59-103)105-5)79-51-69-27-19-21-29-71(69)53-81(79)93(83)107)113-95(85)97-91(101)99-100(115-97)92-98(116-99)96-86(58-78(114-96)56-84-90(88(60-104)106-6)80-52-70-28-20-22-30-72(70)54-82(80)94(84)108)102(92,75-43-35-67(36-44-75)63-111-49-25-17-13-9-3)76-45-37-68(38-46-76)64-112-50-26-18-14-10-4/h19-22,27-46,51-58H,7-18,23-26,47-50,61-64H2,1-4H3/b83-55-,84-56-,89-87-,90-88+. The summed E-state index contributed by atoms with van der Waals surface area (Å²) in [5.74, 6) is -0.461. The zero-order chi connectivity index (χ0) is 79.9. The number of carbonyl (C=O) groups is 2. The molecule has 14 heteroatoms. The highest BCUT2D eigenvalue weighted by atomic mass is 32.1. The van der Waals surface area contributed by atoms with Gasteiger partial charge in [0.25, 0.3) is 11.4 Å². The number of hydrogen-bond donors (Lipinski definition) is 0. The van der Waals surface area contributed by atoms with Crippen LogP contribution in [0.4, 0.5) is 0 Å². The third-order valence-electron chi connectivity index (χ3n) is 23.5. The van der Waals surface area contributed by atoms with Gasteiger partial charge < -0.3 is 18.9 Å². The summed E-state index contributed by atoms with van der Waals surface area (Å²) >= 11 is 6.94. The van der Waals surface area contributed by atoms with Crippen LogP contribution in [-0.4, -0.2) is 38.0 Å². The van der Waals surface area contributed by atoms with E-state index in [2.05, 4.69) is 159 Å². The molecule has 0 N–H and O–H groups in total. The predicted molar refractivity (Wildman–Crippen MR) is 476 cm³/mol. The molecular weight excluding hydrogens is 1510 g/mol. The molecule has 116 heavy (non-hydrogen) atoms. The second-order valence-corrected chi connectivity index (χ2v) is 35.2. The van der Waals surface area contributed by atoms with Gasteiger partial charge in [0.05, 0.1) is 91.4 Å². The van der Waals surface area contributed by atoms with Crippen molar-refractivity contribution in [3.8, 4) is 31.6 Å². The first-order chi connectivity index (χ1) is 57.0. The van der Waals surface area contributed by atoms with E-state index in [1.54, 1.807) is 22.7 Å². The van der Waals surface area contributed by atoms with Crippen LogP contribution in [0.15, 0.2) is 205 Å². The molecule has 4 heterocycles. The van der Waals surface area contributed by atoms with Crippen molar-refractivity contribution in [3.63, 3.8) is 0 Å². The molecule has 0 saturated heterocycles. The summed E-state index contributed by atoms with van der Waals surface area (Å²) < 4.78 is 28.0. The third-order valence-corrected chi connectivity index (χ3v) is 28.5.